The summed E-state index contributed by atoms with van der Waals surface area (Å²) in [6, 6.07) is 7.50. The van der Waals surface area contributed by atoms with Crippen molar-refractivity contribution in [3.8, 4) is 0 Å². The largest absolute Gasteiger partial charge is 0.450 e. The number of ether oxygens (including phenoxy) is 1. The number of sulfonamides is 1. The highest BCUT2D eigenvalue weighted by Gasteiger charge is 2.29. The lowest BCUT2D eigenvalue weighted by atomic mass is 10.2. The maximum Gasteiger partial charge on any atom is 0.409 e. The van der Waals surface area contributed by atoms with Crippen LogP contribution in [0.1, 0.15) is 18.1 Å². The maximum absolute atomic E-state index is 12.5. The third-order valence-corrected chi connectivity index (χ3v) is 5.44. The zero-order valence-corrected chi connectivity index (χ0v) is 13.8. The number of carbonyl (C=O) groups excluding carboxylic acids is 1. The van der Waals surface area contributed by atoms with Crippen LogP contribution in [0, 0.1) is 6.92 Å². The number of aryl methyl sites for hydroxylation is 1. The van der Waals surface area contributed by atoms with Crippen molar-refractivity contribution < 1.29 is 17.9 Å². The molecule has 122 valence electrons. The second kappa shape index (κ2) is 7.11. The normalized spacial score (nSPS) is 16.5. The Kier molecular flexibility index (Phi) is 5.42. The van der Waals surface area contributed by atoms with Crippen LogP contribution in [0.25, 0.3) is 0 Å². The van der Waals surface area contributed by atoms with Gasteiger partial charge >= 0.3 is 6.09 Å². The fraction of sp³-hybridized carbons (Fsp3) is 0.533. The maximum atomic E-state index is 12.5. The third kappa shape index (κ3) is 4.20. The molecule has 7 heteroatoms. The van der Waals surface area contributed by atoms with Crippen LogP contribution in [0.5, 0.6) is 0 Å². The summed E-state index contributed by atoms with van der Waals surface area (Å²) in [4.78, 5) is 13.2. The third-order valence-electron chi connectivity index (χ3n) is 3.59. The number of carbonyl (C=O) groups is 1. The summed E-state index contributed by atoms with van der Waals surface area (Å²) in [5, 5.41) is 0. The predicted octanol–water partition coefficient (Wildman–Crippen LogP) is 1.60. The van der Waals surface area contributed by atoms with Gasteiger partial charge in [0.25, 0.3) is 0 Å². The molecular weight excluding hydrogens is 304 g/mol. The van der Waals surface area contributed by atoms with Crippen molar-refractivity contribution in [3.63, 3.8) is 0 Å². The molecule has 1 fully saturated rings. The molecule has 6 nitrogen and oxygen atoms in total. The van der Waals surface area contributed by atoms with E-state index in [2.05, 4.69) is 0 Å². The minimum atomic E-state index is -3.36. The Hall–Kier alpha value is -1.60. The second-order valence-electron chi connectivity index (χ2n) is 5.33. The molecule has 0 radical (unpaired) electrons. The Morgan fingerprint density at radius 2 is 1.91 bits per heavy atom. The van der Waals surface area contributed by atoms with E-state index in [1.165, 1.54) is 4.31 Å². The Labute approximate surface area is 131 Å². The Bertz CT molecular complexity index is 622. The van der Waals surface area contributed by atoms with Crippen molar-refractivity contribution in [1.82, 2.24) is 9.21 Å². The Morgan fingerprint density at radius 3 is 2.50 bits per heavy atom. The quantitative estimate of drug-likeness (QED) is 0.843. The predicted molar refractivity (Wildman–Crippen MR) is 84.0 cm³/mol. The summed E-state index contributed by atoms with van der Waals surface area (Å²) in [5.74, 6) is -0.00587. The highest BCUT2D eigenvalue weighted by Crippen LogP contribution is 2.15. The molecule has 1 saturated heterocycles. The monoisotopic (exact) mass is 326 g/mol. The molecule has 0 N–H and O–H groups in total. The van der Waals surface area contributed by atoms with Crippen molar-refractivity contribution in [2.24, 2.45) is 0 Å². The van der Waals surface area contributed by atoms with Gasteiger partial charge in [-0.2, -0.15) is 4.31 Å². The lowest BCUT2D eigenvalue weighted by molar-refractivity contribution is 0.0934. The summed E-state index contributed by atoms with van der Waals surface area (Å²) < 4.78 is 31.3. The van der Waals surface area contributed by atoms with Gasteiger partial charge in [0.2, 0.25) is 10.0 Å². The van der Waals surface area contributed by atoms with E-state index in [9.17, 15) is 13.2 Å². The zero-order valence-electron chi connectivity index (χ0n) is 13.0. The fourth-order valence-electron chi connectivity index (χ4n) is 2.47. The van der Waals surface area contributed by atoms with E-state index < -0.39 is 10.0 Å². The number of hydrogen-bond donors (Lipinski definition) is 0. The van der Waals surface area contributed by atoms with Gasteiger partial charge in [0.1, 0.15) is 0 Å². The molecule has 1 aliphatic rings. The molecule has 1 amide bonds. The summed E-state index contributed by atoms with van der Waals surface area (Å²) in [6.07, 6.45) is -0.377. The summed E-state index contributed by atoms with van der Waals surface area (Å²) in [6.45, 7) is 5.37. The van der Waals surface area contributed by atoms with Crippen LogP contribution in [0.15, 0.2) is 24.3 Å². The van der Waals surface area contributed by atoms with Gasteiger partial charge in [0.05, 0.1) is 12.4 Å². The van der Waals surface area contributed by atoms with Gasteiger partial charge in [-0.3, -0.25) is 0 Å². The van der Waals surface area contributed by atoms with E-state index in [4.69, 9.17) is 4.74 Å². The fourth-order valence-corrected chi connectivity index (χ4v) is 3.97. The van der Waals surface area contributed by atoms with Crippen molar-refractivity contribution >= 4 is 16.1 Å². The smallest absolute Gasteiger partial charge is 0.409 e. The molecular formula is C15H22N2O4S. The van der Waals surface area contributed by atoms with E-state index in [0.717, 1.165) is 11.1 Å². The standard InChI is InChI=1S/C15H22N2O4S/c1-3-21-15(18)16-7-9-17(10-8-16)22(19,20)12-14-6-4-5-13(2)11-14/h4-6,11H,3,7-10,12H2,1-2H3. The molecule has 0 atom stereocenters. The van der Waals surface area contributed by atoms with E-state index >= 15 is 0 Å². The topological polar surface area (TPSA) is 66.9 Å². The molecule has 2 rings (SSSR count). The molecule has 0 saturated carbocycles. The molecule has 0 aliphatic carbocycles. The molecule has 1 aromatic carbocycles. The Balaban J connectivity index is 1.96. The Morgan fingerprint density at radius 1 is 1.23 bits per heavy atom. The first-order valence-electron chi connectivity index (χ1n) is 7.37. The average Bonchev–Trinajstić information content (AvgIpc) is 2.47. The van der Waals surface area contributed by atoms with Crippen LogP contribution in [0.2, 0.25) is 0 Å². The first-order valence-corrected chi connectivity index (χ1v) is 8.98. The second-order valence-corrected chi connectivity index (χ2v) is 7.30. The van der Waals surface area contributed by atoms with Gasteiger partial charge < -0.3 is 9.64 Å². The van der Waals surface area contributed by atoms with Gasteiger partial charge in [-0.05, 0) is 19.4 Å². The van der Waals surface area contributed by atoms with E-state index in [-0.39, 0.29) is 11.8 Å². The number of amides is 1. The van der Waals surface area contributed by atoms with Crippen LogP contribution in [-0.2, 0) is 20.5 Å². The van der Waals surface area contributed by atoms with Crippen molar-refractivity contribution in [2.45, 2.75) is 19.6 Å². The van der Waals surface area contributed by atoms with E-state index in [1.807, 2.05) is 31.2 Å². The van der Waals surface area contributed by atoms with Crippen LogP contribution in [0.4, 0.5) is 4.79 Å². The molecule has 0 bridgehead atoms. The number of benzene rings is 1. The number of rotatable bonds is 4. The minimum absolute atomic E-state index is 0.00587. The SMILES string of the molecule is CCOC(=O)N1CCN(S(=O)(=O)Cc2cccc(C)c2)CC1. The van der Waals surface area contributed by atoms with Crippen LogP contribution in [0.3, 0.4) is 0 Å². The average molecular weight is 326 g/mol. The van der Waals surface area contributed by atoms with Gasteiger partial charge in [-0.15, -0.1) is 0 Å². The zero-order chi connectivity index (χ0) is 16.2. The molecule has 0 unspecified atom stereocenters. The summed E-state index contributed by atoms with van der Waals surface area (Å²) in [5.41, 5.74) is 1.83. The summed E-state index contributed by atoms with van der Waals surface area (Å²) in [7, 11) is -3.36. The number of piperazine rings is 1. The van der Waals surface area contributed by atoms with Gasteiger partial charge in [-0.25, -0.2) is 13.2 Å². The van der Waals surface area contributed by atoms with Crippen LogP contribution in [-0.4, -0.2) is 56.5 Å². The molecule has 22 heavy (non-hydrogen) atoms. The molecule has 1 aliphatic heterocycles. The van der Waals surface area contributed by atoms with Crippen molar-refractivity contribution in [2.75, 3.05) is 32.8 Å². The van der Waals surface area contributed by atoms with E-state index in [1.54, 1.807) is 11.8 Å². The minimum Gasteiger partial charge on any atom is -0.450 e. The van der Waals surface area contributed by atoms with E-state index in [0.29, 0.717) is 32.8 Å². The molecule has 1 heterocycles. The van der Waals surface area contributed by atoms with Gasteiger partial charge in [-0.1, -0.05) is 29.8 Å². The van der Waals surface area contributed by atoms with Crippen molar-refractivity contribution in [3.05, 3.63) is 35.4 Å². The van der Waals surface area contributed by atoms with Crippen LogP contribution >= 0.6 is 0 Å². The molecule has 1 aromatic rings. The highest BCUT2D eigenvalue weighted by molar-refractivity contribution is 7.88. The summed E-state index contributed by atoms with van der Waals surface area (Å²) >= 11 is 0. The number of hydrogen-bond acceptors (Lipinski definition) is 4. The van der Waals surface area contributed by atoms with Gasteiger partial charge in [0.15, 0.2) is 0 Å². The molecule has 0 aromatic heterocycles. The first-order chi connectivity index (χ1) is 10.4. The van der Waals surface area contributed by atoms with Crippen LogP contribution < -0.4 is 0 Å². The van der Waals surface area contributed by atoms with Crippen molar-refractivity contribution in [1.29, 1.82) is 0 Å². The van der Waals surface area contributed by atoms with Gasteiger partial charge in [0, 0.05) is 26.2 Å². The highest BCUT2D eigenvalue weighted by atomic mass is 32.2. The lowest BCUT2D eigenvalue weighted by Gasteiger charge is -2.33. The lowest BCUT2D eigenvalue weighted by Crippen LogP contribution is -2.50. The number of nitrogens with zero attached hydrogens (tertiary/aromatic N) is 2. The first kappa shape index (κ1) is 16.8. The molecule has 0 spiro atoms.